The van der Waals surface area contributed by atoms with Crippen molar-refractivity contribution in [2.75, 3.05) is 13.1 Å². The number of likely N-dealkylation sites (tertiary alicyclic amines) is 1. The Labute approximate surface area is 120 Å². The maximum atomic E-state index is 12.2. The van der Waals surface area contributed by atoms with Gasteiger partial charge in [-0.3, -0.25) is 14.7 Å². The van der Waals surface area contributed by atoms with E-state index in [-0.39, 0.29) is 11.9 Å². The molecule has 2 heterocycles. The van der Waals surface area contributed by atoms with E-state index in [1.807, 2.05) is 25.3 Å². The van der Waals surface area contributed by atoms with E-state index >= 15 is 0 Å². The van der Waals surface area contributed by atoms with Crippen LogP contribution in [-0.4, -0.2) is 41.0 Å². The Morgan fingerprint density at radius 2 is 2.10 bits per heavy atom. The second-order valence-electron chi connectivity index (χ2n) is 6.07. The summed E-state index contributed by atoms with van der Waals surface area (Å²) in [5.74, 6) is 0.675. The summed E-state index contributed by atoms with van der Waals surface area (Å²) in [7, 11) is 0. The summed E-state index contributed by atoms with van der Waals surface area (Å²) in [5, 5.41) is 3.19. The van der Waals surface area contributed by atoms with Gasteiger partial charge in [-0.15, -0.1) is 0 Å². The number of aromatic nitrogens is 1. The molecule has 0 radical (unpaired) electrons. The fraction of sp³-hybridized carbons (Fsp3) is 0.625. The number of hydrogen-bond donors (Lipinski definition) is 1. The Kier molecular flexibility index (Phi) is 4.01. The number of hydrogen-bond acceptors (Lipinski definition) is 3. The maximum Gasteiger partial charge on any atom is 0.237 e. The third kappa shape index (κ3) is 2.85. The lowest BCUT2D eigenvalue weighted by atomic mass is 9.94. The van der Waals surface area contributed by atoms with Gasteiger partial charge in [-0.05, 0) is 31.9 Å². The minimum absolute atomic E-state index is 0.0180. The molecule has 0 aromatic carbocycles. The average molecular weight is 273 g/mol. The quantitative estimate of drug-likeness (QED) is 0.911. The maximum absolute atomic E-state index is 12.2. The van der Waals surface area contributed by atoms with Crippen LogP contribution in [0.1, 0.15) is 44.2 Å². The molecule has 20 heavy (non-hydrogen) atoms. The fourth-order valence-electron chi connectivity index (χ4n) is 3.19. The van der Waals surface area contributed by atoms with Gasteiger partial charge in [0.05, 0.1) is 6.04 Å². The Morgan fingerprint density at radius 1 is 1.35 bits per heavy atom. The van der Waals surface area contributed by atoms with Crippen molar-refractivity contribution >= 4 is 5.91 Å². The number of rotatable bonds is 4. The topological polar surface area (TPSA) is 45.2 Å². The number of nitrogens with one attached hydrogen (secondary N) is 1. The highest BCUT2D eigenvalue weighted by Crippen LogP contribution is 2.27. The smallest absolute Gasteiger partial charge is 0.237 e. The highest BCUT2D eigenvalue weighted by molar-refractivity contribution is 5.81. The molecular formula is C16H23N3O. The molecule has 0 bridgehead atoms. The molecule has 108 valence electrons. The van der Waals surface area contributed by atoms with Gasteiger partial charge < -0.3 is 5.32 Å². The molecule has 2 fully saturated rings. The van der Waals surface area contributed by atoms with E-state index in [1.165, 1.54) is 12.8 Å². The van der Waals surface area contributed by atoms with Gasteiger partial charge in [0, 0.05) is 36.9 Å². The lowest BCUT2D eigenvalue weighted by Gasteiger charge is -2.42. The van der Waals surface area contributed by atoms with Crippen LogP contribution in [0.4, 0.5) is 0 Å². The Hall–Kier alpha value is -1.42. The second-order valence-corrected chi connectivity index (χ2v) is 6.07. The third-order valence-corrected chi connectivity index (χ3v) is 4.64. The first-order chi connectivity index (χ1) is 9.74. The molecule has 3 rings (SSSR count). The van der Waals surface area contributed by atoms with Crippen LogP contribution in [-0.2, 0) is 4.79 Å². The van der Waals surface area contributed by atoms with Crippen molar-refractivity contribution in [1.29, 1.82) is 0 Å². The van der Waals surface area contributed by atoms with Crippen molar-refractivity contribution in [2.24, 2.45) is 0 Å². The second kappa shape index (κ2) is 5.92. The molecule has 1 N–H and O–H groups in total. The van der Waals surface area contributed by atoms with Gasteiger partial charge in [-0.2, -0.15) is 0 Å². The van der Waals surface area contributed by atoms with Gasteiger partial charge >= 0.3 is 0 Å². The first-order valence-electron chi connectivity index (χ1n) is 7.69. The molecule has 4 nitrogen and oxygen atoms in total. The van der Waals surface area contributed by atoms with Crippen LogP contribution in [0.3, 0.4) is 0 Å². The molecule has 0 unspecified atom stereocenters. The van der Waals surface area contributed by atoms with E-state index in [4.69, 9.17) is 0 Å². The molecule has 1 aliphatic carbocycles. The zero-order valence-electron chi connectivity index (χ0n) is 12.1. The number of pyridine rings is 1. The molecule has 1 saturated heterocycles. The van der Waals surface area contributed by atoms with E-state index in [0.717, 1.165) is 31.6 Å². The summed E-state index contributed by atoms with van der Waals surface area (Å²) in [6.45, 7) is 3.89. The number of carbonyl (C=O) groups excluding carboxylic acids is 1. The van der Waals surface area contributed by atoms with Crippen molar-refractivity contribution < 1.29 is 4.79 Å². The van der Waals surface area contributed by atoms with E-state index in [2.05, 4.69) is 21.3 Å². The molecule has 1 amide bonds. The van der Waals surface area contributed by atoms with Gasteiger partial charge in [0.15, 0.2) is 0 Å². The summed E-state index contributed by atoms with van der Waals surface area (Å²) in [4.78, 5) is 18.8. The van der Waals surface area contributed by atoms with E-state index in [1.54, 1.807) is 0 Å². The predicted octanol–water partition coefficient (Wildman–Crippen LogP) is 1.93. The van der Waals surface area contributed by atoms with E-state index in [9.17, 15) is 4.79 Å². The summed E-state index contributed by atoms with van der Waals surface area (Å²) in [6.07, 6.45) is 6.65. The van der Waals surface area contributed by atoms with Crippen LogP contribution in [0.25, 0.3) is 0 Å². The van der Waals surface area contributed by atoms with Crippen LogP contribution in [0.2, 0.25) is 0 Å². The highest BCUT2D eigenvalue weighted by atomic mass is 16.2. The van der Waals surface area contributed by atoms with Crippen LogP contribution in [0.15, 0.2) is 24.4 Å². The lowest BCUT2D eigenvalue weighted by molar-refractivity contribution is -0.128. The molecular weight excluding hydrogens is 250 g/mol. The van der Waals surface area contributed by atoms with Gasteiger partial charge in [0.1, 0.15) is 0 Å². The van der Waals surface area contributed by atoms with E-state index in [0.29, 0.717) is 12.0 Å². The van der Waals surface area contributed by atoms with Gasteiger partial charge in [0.25, 0.3) is 0 Å². The summed E-state index contributed by atoms with van der Waals surface area (Å²) in [5.41, 5.74) is 1.15. The molecule has 1 atom stereocenters. The van der Waals surface area contributed by atoms with E-state index < -0.39 is 0 Å². The fourth-order valence-corrected chi connectivity index (χ4v) is 3.19. The molecule has 1 aromatic heterocycles. The van der Waals surface area contributed by atoms with Crippen molar-refractivity contribution in [3.05, 3.63) is 30.1 Å². The zero-order chi connectivity index (χ0) is 13.9. The molecule has 1 aliphatic heterocycles. The average Bonchev–Trinajstić information content (AvgIpc) is 2.91. The monoisotopic (exact) mass is 273 g/mol. The van der Waals surface area contributed by atoms with Crippen LogP contribution >= 0.6 is 0 Å². The number of carbonyl (C=O) groups is 1. The normalized spacial score (nSPS) is 22.4. The van der Waals surface area contributed by atoms with Gasteiger partial charge in [-0.25, -0.2) is 0 Å². The Morgan fingerprint density at radius 3 is 2.75 bits per heavy atom. The zero-order valence-corrected chi connectivity index (χ0v) is 12.1. The third-order valence-electron chi connectivity index (χ3n) is 4.64. The number of amides is 1. The van der Waals surface area contributed by atoms with Gasteiger partial charge in [-0.1, -0.05) is 18.9 Å². The molecule has 2 aliphatic rings. The summed E-state index contributed by atoms with van der Waals surface area (Å²) in [6, 6.07) is 6.44. The summed E-state index contributed by atoms with van der Waals surface area (Å²) >= 11 is 0. The lowest BCUT2D eigenvalue weighted by Crippen LogP contribution is -2.56. The standard InChI is InChI=1S/C16H23N3O/c1-12(16(20)18-14-6-2-3-7-14)19-10-13(11-19)15-8-4-5-9-17-15/h4-5,8-9,12-14H,2-3,6-7,10-11H2,1H3,(H,18,20)/t12-/m1/s1. The van der Waals surface area contributed by atoms with Crippen LogP contribution < -0.4 is 5.32 Å². The largest absolute Gasteiger partial charge is 0.352 e. The molecule has 1 saturated carbocycles. The molecule has 4 heteroatoms. The van der Waals surface area contributed by atoms with Gasteiger partial charge in [0.2, 0.25) is 5.91 Å². The SMILES string of the molecule is C[C@H](C(=O)NC1CCCC1)N1CC(c2ccccn2)C1. The highest BCUT2D eigenvalue weighted by Gasteiger charge is 2.35. The minimum Gasteiger partial charge on any atom is -0.352 e. The molecule has 0 spiro atoms. The first-order valence-corrected chi connectivity index (χ1v) is 7.69. The van der Waals surface area contributed by atoms with Crippen LogP contribution in [0.5, 0.6) is 0 Å². The van der Waals surface area contributed by atoms with Crippen molar-refractivity contribution in [3.63, 3.8) is 0 Å². The minimum atomic E-state index is -0.0180. The first kappa shape index (κ1) is 13.6. The number of nitrogens with zero attached hydrogens (tertiary/aromatic N) is 2. The Bertz CT molecular complexity index is 450. The predicted molar refractivity (Wildman–Crippen MR) is 78.4 cm³/mol. The van der Waals surface area contributed by atoms with Crippen molar-refractivity contribution in [2.45, 2.75) is 50.6 Å². The van der Waals surface area contributed by atoms with Crippen molar-refractivity contribution in [3.8, 4) is 0 Å². The Balaban J connectivity index is 1.47. The van der Waals surface area contributed by atoms with Crippen LogP contribution in [0, 0.1) is 0 Å². The van der Waals surface area contributed by atoms with Crippen molar-refractivity contribution in [1.82, 2.24) is 15.2 Å². The summed E-state index contributed by atoms with van der Waals surface area (Å²) < 4.78 is 0. The molecule has 1 aromatic rings.